The van der Waals surface area contributed by atoms with Crippen molar-refractivity contribution >= 4 is 11.5 Å². The molecule has 1 heterocycles. The molecule has 1 aliphatic heterocycles. The highest BCUT2D eigenvalue weighted by atomic mass is 16.1. The first kappa shape index (κ1) is 8.72. The lowest BCUT2D eigenvalue weighted by atomic mass is 10.0. The first-order chi connectivity index (χ1) is 7.36. The molecule has 3 rings (SSSR count). The number of benzene rings is 1. The first-order valence-corrected chi connectivity index (χ1v) is 5.45. The number of hydrogen-bond donors (Lipinski definition) is 1. The van der Waals surface area contributed by atoms with Gasteiger partial charge in [0.15, 0.2) is 0 Å². The molecule has 2 aliphatic rings. The molecule has 0 saturated carbocycles. The molecule has 15 heavy (non-hydrogen) atoms. The summed E-state index contributed by atoms with van der Waals surface area (Å²) in [5, 5.41) is 2.95. The van der Waals surface area contributed by atoms with Crippen LogP contribution in [0.5, 0.6) is 0 Å². The number of rotatable bonds is 0. The summed E-state index contributed by atoms with van der Waals surface area (Å²) < 4.78 is 0. The fraction of sp³-hybridized carbons (Fsp3) is 0.308. The summed E-state index contributed by atoms with van der Waals surface area (Å²) in [6.45, 7) is 0.813. The quantitative estimate of drug-likeness (QED) is 0.679. The van der Waals surface area contributed by atoms with E-state index in [1.807, 2.05) is 6.07 Å². The molecule has 76 valence electrons. The Morgan fingerprint density at radius 1 is 1.13 bits per heavy atom. The van der Waals surface area contributed by atoms with Crippen LogP contribution in [0.2, 0.25) is 0 Å². The minimum Gasteiger partial charge on any atom is -0.352 e. The van der Waals surface area contributed by atoms with E-state index in [2.05, 4.69) is 23.5 Å². The molecule has 1 aromatic carbocycles. The molecule has 0 radical (unpaired) electrons. The summed E-state index contributed by atoms with van der Waals surface area (Å²) in [7, 11) is 0. The normalized spacial score (nSPS) is 19.3. The highest BCUT2D eigenvalue weighted by Crippen LogP contribution is 2.36. The number of nitrogens with one attached hydrogen (secondary N) is 1. The molecule has 0 fully saturated rings. The van der Waals surface area contributed by atoms with Crippen LogP contribution in [0, 0.1) is 0 Å². The summed E-state index contributed by atoms with van der Waals surface area (Å²) in [6.07, 6.45) is 2.90. The second-order valence-electron chi connectivity index (χ2n) is 4.15. The van der Waals surface area contributed by atoms with E-state index in [1.165, 1.54) is 16.7 Å². The van der Waals surface area contributed by atoms with Gasteiger partial charge in [-0.3, -0.25) is 4.79 Å². The number of hydrogen-bond acceptors (Lipinski definition) is 1. The van der Waals surface area contributed by atoms with Gasteiger partial charge in [-0.15, -0.1) is 0 Å². The zero-order chi connectivity index (χ0) is 10.3. The van der Waals surface area contributed by atoms with Crippen molar-refractivity contribution in [3.8, 4) is 0 Å². The van der Waals surface area contributed by atoms with Crippen molar-refractivity contribution in [2.75, 3.05) is 6.54 Å². The van der Waals surface area contributed by atoms with Crippen molar-refractivity contribution in [2.45, 2.75) is 19.3 Å². The Morgan fingerprint density at radius 2 is 2.00 bits per heavy atom. The van der Waals surface area contributed by atoms with Gasteiger partial charge in [0, 0.05) is 18.5 Å². The van der Waals surface area contributed by atoms with Crippen LogP contribution in [-0.4, -0.2) is 12.5 Å². The molecule has 0 unspecified atom stereocenters. The minimum atomic E-state index is 0.138. The molecular weight excluding hydrogens is 186 g/mol. The maximum absolute atomic E-state index is 11.8. The van der Waals surface area contributed by atoms with Gasteiger partial charge in [0.1, 0.15) is 0 Å². The second-order valence-corrected chi connectivity index (χ2v) is 4.15. The predicted octanol–water partition coefficient (Wildman–Crippen LogP) is 1.91. The van der Waals surface area contributed by atoms with Crippen LogP contribution >= 0.6 is 0 Å². The molecule has 0 spiro atoms. The molecule has 0 saturated heterocycles. The molecule has 1 aromatic rings. The zero-order valence-electron chi connectivity index (χ0n) is 8.55. The van der Waals surface area contributed by atoms with Crippen molar-refractivity contribution in [3.05, 3.63) is 41.0 Å². The first-order valence-electron chi connectivity index (χ1n) is 5.45. The van der Waals surface area contributed by atoms with Crippen LogP contribution in [0.4, 0.5) is 0 Å². The third-order valence-corrected chi connectivity index (χ3v) is 3.24. The summed E-state index contributed by atoms with van der Waals surface area (Å²) >= 11 is 0. The van der Waals surface area contributed by atoms with Crippen molar-refractivity contribution in [1.29, 1.82) is 0 Å². The number of allylic oxidation sites excluding steroid dienone is 1. The second kappa shape index (κ2) is 3.23. The van der Waals surface area contributed by atoms with Gasteiger partial charge in [-0.25, -0.2) is 0 Å². The van der Waals surface area contributed by atoms with E-state index in [9.17, 15) is 4.79 Å². The third kappa shape index (κ3) is 1.29. The van der Waals surface area contributed by atoms with Crippen LogP contribution in [0.1, 0.15) is 24.0 Å². The molecule has 1 amide bonds. The van der Waals surface area contributed by atoms with Gasteiger partial charge >= 0.3 is 0 Å². The van der Waals surface area contributed by atoms with E-state index in [4.69, 9.17) is 0 Å². The van der Waals surface area contributed by atoms with Crippen LogP contribution in [0.3, 0.4) is 0 Å². The van der Waals surface area contributed by atoms with E-state index >= 15 is 0 Å². The number of fused-ring (bicyclic) bond motifs is 2. The van der Waals surface area contributed by atoms with E-state index in [-0.39, 0.29) is 5.91 Å². The summed E-state index contributed by atoms with van der Waals surface area (Å²) in [4.78, 5) is 11.8. The lowest BCUT2D eigenvalue weighted by Crippen LogP contribution is -2.24. The lowest BCUT2D eigenvalue weighted by Gasteiger charge is -2.03. The van der Waals surface area contributed by atoms with Gasteiger partial charge < -0.3 is 5.32 Å². The van der Waals surface area contributed by atoms with Crippen LogP contribution in [-0.2, 0) is 11.2 Å². The van der Waals surface area contributed by atoms with Gasteiger partial charge in [-0.1, -0.05) is 24.3 Å². The standard InChI is InChI=1S/C13H13NO/c15-13-12-8-9-4-1-2-5-10(9)11(12)6-3-7-14-13/h1-2,4-5H,3,6-8H2,(H,14,15). The largest absolute Gasteiger partial charge is 0.352 e. The number of carbonyl (C=O) groups is 1. The molecule has 2 heteroatoms. The van der Waals surface area contributed by atoms with Crippen molar-refractivity contribution in [2.24, 2.45) is 0 Å². The summed E-state index contributed by atoms with van der Waals surface area (Å²) in [5.74, 6) is 0.138. The van der Waals surface area contributed by atoms with E-state index in [0.29, 0.717) is 0 Å². The third-order valence-electron chi connectivity index (χ3n) is 3.24. The zero-order valence-corrected chi connectivity index (χ0v) is 8.55. The van der Waals surface area contributed by atoms with Gasteiger partial charge in [0.2, 0.25) is 5.91 Å². The average molecular weight is 199 g/mol. The maximum atomic E-state index is 11.8. The number of carbonyl (C=O) groups excluding carboxylic acids is 1. The van der Waals surface area contributed by atoms with Crippen LogP contribution < -0.4 is 5.32 Å². The van der Waals surface area contributed by atoms with Gasteiger partial charge in [-0.2, -0.15) is 0 Å². The Labute approximate surface area is 89.0 Å². The molecule has 0 atom stereocenters. The van der Waals surface area contributed by atoms with Crippen molar-refractivity contribution in [3.63, 3.8) is 0 Å². The average Bonchev–Trinajstić information content (AvgIpc) is 2.54. The topological polar surface area (TPSA) is 29.1 Å². The fourth-order valence-corrected chi connectivity index (χ4v) is 2.51. The highest BCUT2D eigenvalue weighted by Gasteiger charge is 2.26. The molecule has 0 bridgehead atoms. The molecule has 1 N–H and O–H groups in total. The Kier molecular flexibility index (Phi) is 1.88. The Morgan fingerprint density at radius 3 is 2.93 bits per heavy atom. The highest BCUT2D eigenvalue weighted by molar-refractivity contribution is 6.04. The lowest BCUT2D eigenvalue weighted by molar-refractivity contribution is -0.117. The fourth-order valence-electron chi connectivity index (χ4n) is 2.51. The van der Waals surface area contributed by atoms with Crippen LogP contribution in [0.15, 0.2) is 29.8 Å². The minimum absolute atomic E-state index is 0.138. The Balaban J connectivity index is 2.12. The smallest absolute Gasteiger partial charge is 0.247 e. The Hall–Kier alpha value is -1.57. The maximum Gasteiger partial charge on any atom is 0.247 e. The monoisotopic (exact) mass is 199 g/mol. The SMILES string of the molecule is O=C1NCCCC2=C1Cc1ccccc12. The summed E-state index contributed by atoms with van der Waals surface area (Å²) in [5.41, 5.74) is 4.87. The number of amides is 1. The van der Waals surface area contributed by atoms with E-state index < -0.39 is 0 Å². The van der Waals surface area contributed by atoms with E-state index in [0.717, 1.165) is 31.4 Å². The van der Waals surface area contributed by atoms with Gasteiger partial charge in [-0.05, 0) is 29.5 Å². The summed E-state index contributed by atoms with van der Waals surface area (Å²) in [6, 6.07) is 8.36. The molecule has 1 aliphatic carbocycles. The van der Waals surface area contributed by atoms with Crippen molar-refractivity contribution < 1.29 is 4.79 Å². The van der Waals surface area contributed by atoms with Gasteiger partial charge in [0.05, 0.1) is 0 Å². The molecular formula is C13H13NO. The van der Waals surface area contributed by atoms with E-state index in [1.54, 1.807) is 0 Å². The van der Waals surface area contributed by atoms with Crippen LogP contribution in [0.25, 0.3) is 5.57 Å². The van der Waals surface area contributed by atoms with Crippen molar-refractivity contribution in [1.82, 2.24) is 5.32 Å². The molecule has 0 aromatic heterocycles. The van der Waals surface area contributed by atoms with Gasteiger partial charge in [0.25, 0.3) is 0 Å². The Bertz CT molecular complexity index is 459. The predicted molar refractivity (Wildman–Crippen MR) is 59.3 cm³/mol. The molecule has 2 nitrogen and oxygen atoms in total.